The molecular weight excluding hydrogens is 226 g/mol. The summed E-state index contributed by atoms with van der Waals surface area (Å²) >= 11 is 0. The molecule has 88 valence electrons. The van der Waals surface area contributed by atoms with Crippen molar-refractivity contribution in [2.45, 2.75) is 6.04 Å². The second kappa shape index (κ2) is 4.22. The Hall–Kier alpha value is -2.41. The highest BCUT2D eigenvalue weighted by atomic mass is 16.4. The fraction of sp³-hybridized carbons (Fsp3) is 0.100. The number of nitrogens with zero attached hydrogens (tertiary/aromatic N) is 1. The molecule has 1 aromatic heterocycles. The lowest BCUT2D eigenvalue weighted by Gasteiger charge is -2.07. The number of carboxylic acids is 1. The maximum absolute atomic E-state index is 11.4. The van der Waals surface area contributed by atoms with E-state index in [4.69, 9.17) is 15.3 Å². The van der Waals surface area contributed by atoms with Gasteiger partial charge in [0.15, 0.2) is 18.0 Å². The quantitative estimate of drug-likeness (QED) is 0.653. The van der Waals surface area contributed by atoms with Gasteiger partial charge >= 0.3 is 5.97 Å². The van der Waals surface area contributed by atoms with Crippen LogP contribution in [-0.4, -0.2) is 28.0 Å². The van der Waals surface area contributed by atoms with Crippen molar-refractivity contribution in [1.82, 2.24) is 4.98 Å². The number of aliphatic carboxylic acids is 1. The van der Waals surface area contributed by atoms with Gasteiger partial charge in [-0.05, 0) is 12.1 Å². The van der Waals surface area contributed by atoms with Crippen LogP contribution in [0.15, 0.2) is 29.0 Å². The number of carbonyl (C=O) groups is 2. The summed E-state index contributed by atoms with van der Waals surface area (Å²) in [4.78, 5) is 25.8. The zero-order valence-electron chi connectivity index (χ0n) is 8.58. The molecule has 4 N–H and O–H groups in total. The van der Waals surface area contributed by atoms with E-state index >= 15 is 0 Å². The third-order valence-corrected chi connectivity index (χ3v) is 2.15. The van der Waals surface area contributed by atoms with Crippen LogP contribution in [0, 0.1) is 0 Å². The molecule has 0 saturated carbocycles. The predicted molar refractivity (Wildman–Crippen MR) is 58.2 cm³/mol. The highest BCUT2D eigenvalue weighted by Gasteiger charge is 2.21. The number of nitrogens with two attached hydrogens (primary N) is 1. The molecule has 0 radical (unpaired) electrons. The third-order valence-electron chi connectivity index (χ3n) is 2.15. The highest BCUT2D eigenvalue weighted by molar-refractivity contribution is 6.07. The molecule has 0 aliphatic rings. The fourth-order valence-electron chi connectivity index (χ4n) is 1.27. The number of oxazole rings is 1. The van der Waals surface area contributed by atoms with Crippen molar-refractivity contribution in [3.05, 3.63) is 24.6 Å². The van der Waals surface area contributed by atoms with E-state index in [9.17, 15) is 9.59 Å². The van der Waals surface area contributed by atoms with Crippen LogP contribution in [0.2, 0.25) is 0 Å². The largest absolute Gasteiger partial charge is 0.480 e. The zero-order chi connectivity index (χ0) is 12.4. The van der Waals surface area contributed by atoms with Gasteiger partial charge in [-0.25, -0.2) is 9.78 Å². The van der Waals surface area contributed by atoms with E-state index in [2.05, 4.69) is 10.3 Å². The smallest absolute Gasteiger partial charge is 0.330 e. The normalized spacial score (nSPS) is 12.3. The van der Waals surface area contributed by atoms with Crippen molar-refractivity contribution in [3.63, 3.8) is 0 Å². The van der Waals surface area contributed by atoms with Gasteiger partial charge in [-0.2, -0.15) is 0 Å². The molecule has 0 fully saturated rings. The topological polar surface area (TPSA) is 118 Å². The van der Waals surface area contributed by atoms with Crippen molar-refractivity contribution in [3.8, 4) is 0 Å². The minimum Gasteiger partial charge on any atom is -0.480 e. The van der Waals surface area contributed by atoms with Gasteiger partial charge in [0.05, 0.1) is 0 Å². The lowest BCUT2D eigenvalue weighted by atomic mass is 10.2. The van der Waals surface area contributed by atoms with E-state index in [1.54, 1.807) is 12.1 Å². The Morgan fingerprint density at radius 3 is 2.94 bits per heavy atom. The number of carboxylic acid groups (broad SMARTS) is 1. The highest BCUT2D eigenvalue weighted by Crippen LogP contribution is 2.17. The Morgan fingerprint density at radius 2 is 2.24 bits per heavy atom. The monoisotopic (exact) mass is 235 g/mol. The molecule has 2 aromatic rings. The van der Waals surface area contributed by atoms with E-state index in [1.807, 2.05) is 0 Å². The fourth-order valence-corrected chi connectivity index (χ4v) is 1.27. The number of hydrogen-bond acceptors (Lipinski definition) is 5. The number of amides is 1. The minimum atomic E-state index is -1.60. The minimum absolute atomic E-state index is 0.399. The van der Waals surface area contributed by atoms with Gasteiger partial charge in [0.1, 0.15) is 5.52 Å². The van der Waals surface area contributed by atoms with Crippen LogP contribution in [0.4, 0.5) is 5.69 Å². The molecule has 7 nitrogen and oxygen atoms in total. The van der Waals surface area contributed by atoms with E-state index in [1.165, 1.54) is 12.5 Å². The van der Waals surface area contributed by atoms with Crippen LogP contribution in [-0.2, 0) is 9.59 Å². The summed E-state index contributed by atoms with van der Waals surface area (Å²) in [6.45, 7) is 0. The average molecular weight is 235 g/mol. The molecule has 0 bridgehead atoms. The second-order valence-electron chi connectivity index (χ2n) is 3.34. The first-order chi connectivity index (χ1) is 8.08. The molecule has 1 aromatic carbocycles. The first-order valence-electron chi connectivity index (χ1n) is 4.70. The Kier molecular flexibility index (Phi) is 2.75. The number of fused-ring (bicyclic) bond motifs is 1. The summed E-state index contributed by atoms with van der Waals surface area (Å²) in [6, 6.07) is 3.16. The molecule has 1 heterocycles. The van der Waals surface area contributed by atoms with Gasteiger partial charge in [0, 0.05) is 11.8 Å². The number of hydrogen-bond donors (Lipinski definition) is 3. The average Bonchev–Trinajstić information content (AvgIpc) is 2.74. The molecule has 17 heavy (non-hydrogen) atoms. The van der Waals surface area contributed by atoms with Crippen molar-refractivity contribution < 1.29 is 19.1 Å². The summed E-state index contributed by atoms with van der Waals surface area (Å²) in [5.74, 6) is -2.18. The lowest BCUT2D eigenvalue weighted by molar-refractivity contribution is -0.141. The van der Waals surface area contributed by atoms with Crippen LogP contribution in [0.1, 0.15) is 0 Å². The van der Waals surface area contributed by atoms with Crippen LogP contribution < -0.4 is 11.1 Å². The summed E-state index contributed by atoms with van der Waals surface area (Å²) in [5.41, 5.74) is 6.69. The van der Waals surface area contributed by atoms with Crippen molar-refractivity contribution >= 4 is 28.7 Å². The first kappa shape index (κ1) is 11.1. The zero-order valence-corrected chi connectivity index (χ0v) is 8.58. The summed E-state index contributed by atoms with van der Waals surface area (Å²) in [5, 5.41) is 10.9. The SMILES string of the molecule is NC(C(=O)O)C(=O)Nc1ccc2ncoc2c1. The first-order valence-corrected chi connectivity index (χ1v) is 4.70. The van der Waals surface area contributed by atoms with Gasteiger partial charge in [0.2, 0.25) is 0 Å². The van der Waals surface area contributed by atoms with Gasteiger partial charge < -0.3 is 20.6 Å². The number of benzene rings is 1. The van der Waals surface area contributed by atoms with Crippen LogP contribution >= 0.6 is 0 Å². The molecule has 2 rings (SSSR count). The molecule has 7 heteroatoms. The Balaban J connectivity index is 2.18. The third kappa shape index (κ3) is 2.23. The van der Waals surface area contributed by atoms with Gasteiger partial charge in [0.25, 0.3) is 5.91 Å². The van der Waals surface area contributed by atoms with Crippen molar-refractivity contribution in [2.75, 3.05) is 5.32 Å². The standard InChI is InChI=1S/C10H9N3O4/c11-8(10(15)16)9(14)13-5-1-2-6-7(3-5)17-4-12-6/h1-4,8H,11H2,(H,13,14)(H,15,16). The molecular formula is C10H9N3O4. The lowest BCUT2D eigenvalue weighted by Crippen LogP contribution is -2.42. The van der Waals surface area contributed by atoms with Crippen LogP contribution in [0.3, 0.4) is 0 Å². The Morgan fingerprint density at radius 1 is 1.47 bits per heavy atom. The second-order valence-corrected chi connectivity index (χ2v) is 3.34. The molecule has 0 aliphatic heterocycles. The van der Waals surface area contributed by atoms with E-state index in [0.29, 0.717) is 16.8 Å². The van der Waals surface area contributed by atoms with E-state index in [0.717, 1.165) is 0 Å². The van der Waals surface area contributed by atoms with Crippen molar-refractivity contribution in [1.29, 1.82) is 0 Å². The van der Waals surface area contributed by atoms with E-state index < -0.39 is 17.9 Å². The number of aromatic nitrogens is 1. The predicted octanol–water partition coefficient (Wildman–Crippen LogP) is 0.178. The number of rotatable bonds is 3. The molecule has 1 atom stereocenters. The summed E-state index contributed by atoms with van der Waals surface area (Å²) < 4.78 is 5.04. The maximum Gasteiger partial charge on any atom is 0.330 e. The van der Waals surface area contributed by atoms with Gasteiger partial charge in [-0.3, -0.25) is 4.79 Å². The molecule has 1 unspecified atom stereocenters. The van der Waals surface area contributed by atoms with Gasteiger partial charge in [-0.15, -0.1) is 0 Å². The summed E-state index contributed by atoms with van der Waals surface area (Å²) in [7, 11) is 0. The van der Waals surface area contributed by atoms with Crippen LogP contribution in [0.5, 0.6) is 0 Å². The van der Waals surface area contributed by atoms with Crippen LogP contribution in [0.25, 0.3) is 11.1 Å². The summed E-state index contributed by atoms with van der Waals surface area (Å²) in [6.07, 6.45) is 1.28. The maximum atomic E-state index is 11.4. The molecule has 0 aliphatic carbocycles. The Labute approximate surface area is 95.2 Å². The number of anilines is 1. The number of nitrogens with one attached hydrogen (secondary N) is 1. The Bertz CT molecular complexity index is 578. The molecule has 1 amide bonds. The number of carbonyl (C=O) groups excluding carboxylic acids is 1. The molecule has 0 saturated heterocycles. The van der Waals surface area contributed by atoms with Gasteiger partial charge in [-0.1, -0.05) is 0 Å². The van der Waals surface area contributed by atoms with Crippen molar-refractivity contribution in [2.24, 2.45) is 5.73 Å². The van der Waals surface area contributed by atoms with E-state index in [-0.39, 0.29) is 0 Å². The molecule has 0 spiro atoms.